The van der Waals surface area contributed by atoms with Gasteiger partial charge in [-0.2, -0.15) is 0 Å². The van der Waals surface area contributed by atoms with Crippen LogP contribution in [0.15, 0.2) is 39.5 Å². The average molecular weight is 382 g/mol. The van der Waals surface area contributed by atoms with Gasteiger partial charge in [0.05, 0.1) is 11.6 Å². The number of hydrogen-bond acceptors (Lipinski definition) is 3. The molecule has 0 aromatic carbocycles. The Hall–Kier alpha value is -1.07. The Morgan fingerprint density at radius 3 is 2.95 bits per heavy atom. The Morgan fingerprint density at radius 2 is 2.16 bits per heavy atom. The van der Waals surface area contributed by atoms with Gasteiger partial charge in [-0.3, -0.25) is 14.8 Å². The lowest BCUT2D eigenvalue weighted by atomic mass is 9.98. The zero-order valence-electron chi connectivity index (χ0n) is 9.94. The van der Waals surface area contributed by atoms with E-state index >= 15 is 0 Å². The highest BCUT2D eigenvalue weighted by Gasteiger charge is 2.32. The molecule has 2 aromatic heterocycles. The number of pyridine rings is 2. The first-order chi connectivity index (χ1) is 9.16. The Balaban J connectivity index is 1.98. The molecule has 19 heavy (non-hydrogen) atoms. The number of halogens is 2. The largest absolute Gasteiger partial charge is 0.292 e. The van der Waals surface area contributed by atoms with Gasteiger partial charge in [0.15, 0.2) is 5.78 Å². The fraction of sp³-hybridized carbons (Fsp3) is 0.214. The lowest BCUT2D eigenvalue weighted by molar-refractivity contribution is 0.0952. The van der Waals surface area contributed by atoms with Gasteiger partial charge in [0.2, 0.25) is 0 Å². The summed E-state index contributed by atoms with van der Waals surface area (Å²) in [5, 5.41) is 0. The third-order valence-electron chi connectivity index (χ3n) is 3.32. The third-order valence-corrected chi connectivity index (χ3v) is 4.35. The molecule has 3 rings (SSSR count). The maximum atomic E-state index is 12.6. The van der Waals surface area contributed by atoms with Crippen LogP contribution in [0.5, 0.6) is 0 Å². The molecular weight excluding hydrogens is 372 g/mol. The monoisotopic (exact) mass is 380 g/mol. The molecule has 96 valence electrons. The third kappa shape index (κ3) is 2.37. The van der Waals surface area contributed by atoms with E-state index in [0.29, 0.717) is 5.69 Å². The Labute approximate surface area is 127 Å². The molecule has 0 fully saturated rings. The molecule has 1 atom stereocenters. The summed E-state index contributed by atoms with van der Waals surface area (Å²) in [6, 6.07) is 5.80. The van der Waals surface area contributed by atoms with Crippen molar-refractivity contribution in [2.24, 2.45) is 0 Å². The fourth-order valence-electron chi connectivity index (χ4n) is 2.43. The van der Waals surface area contributed by atoms with Crippen molar-refractivity contribution in [3.63, 3.8) is 0 Å². The zero-order valence-corrected chi connectivity index (χ0v) is 13.1. The molecule has 0 saturated heterocycles. The smallest absolute Gasteiger partial charge is 0.191 e. The van der Waals surface area contributed by atoms with Crippen molar-refractivity contribution < 1.29 is 4.79 Å². The van der Waals surface area contributed by atoms with Crippen LogP contribution in [-0.4, -0.2) is 15.8 Å². The second kappa shape index (κ2) is 5.13. The van der Waals surface area contributed by atoms with Crippen LogP contribution >= 0.6 is 31.9 Å². The predicted octanol–water partition coefficient (Wildman–Crippen LogP) is 3.91. The van der Waals surface area contributed by atoms with Gasteiger partial charge < -0.3 is 0 Å². The van der Waals surface area contributed by atoms with Crippen LogP contribution in [0.4, 0.5) is 0 Å². The lowest BCUT2D eigenvalue weighted by Crippen LogP contribution is -2.13. The number of carbonyl (C=O) groups is 1. The second-order valence-corrected chi connectivity index (χ2v) is 6.26. The quantitative estimate of drug-likeness (QED) is 0.740. The van der Waals surface area contributed by atoms with Crippen LogP contribution in [0.3, 0.4) is 0 Å². The number of Topliss-reactive ketones (excluding diaryl/α,β-unsaturated/α-hetero) is 1. The van der Waals surface area contributed by atoms with Crippen LogP contribution in [0, 0.1) is 0 Å². The van der Waals surface area contributed by atoms with E-state index in [-0.39, 0.29) is 11.7 Å². The van der Waals surface area contributed by atoms with Gasteiger partial charge in [0, 0.05) is 21.3 Å². The van der Waals surface area contributed by atoms with Crippen molar-refractivity contribution >= 4 is 37.6 Å². The SMILES string of the molecule is O=C(c1ncc(Br)cc1Br)C1CCc2cccnc21. The number of carbonyl (C=O) groups excluding carboxylic acids is 1. The zero-order chi connectivity index (χ0) is 13.4. The summed E-state index contributed by atoms with van der Waals surface area (Å²) in [6.07, 6.45) is 5.11. The molecule has 0 saturated carbocycles. The van der Waals surface area contributed by atoms with E-state index < -0.39 is 0 Å². The highest BCUT2D eigenvalue weighted by molar-refractivity contribution is 9.11. The number of aromatic nitrogens is 2. The first-order valence-electron chi connectivity index (χ1n) is 5.96. The van der Waals surface area contributed by atoms with Crippen LogP contribution < -0.4 is 0 Å². The minimum atomic E-state index is -0.166. The van der Waals surface area contributed by atoms with E-state index in [2.05, 4.69) is 41.8 Å². The van der Waals surface area contributed by atoms with Gasteiger partial charge in [-0.1, -0.05) is 6.07 Å². The maximum Gasteiger partial charge on any atom is 0.191 e. The molecule has 2 heterocycles. The van der Waals surface area contributed by atoms with Gasteiger partial charge in [0.1, 0.15) is 5.69 Å². The van der Waals surface area contributed by atoms with Gasteiger partial charge in [-0.25, -0.2) is 0 Å². The summed E-state index contributed by atoms with van der Waals surface area (Å²) >= 11 is 6.74. The van der Waals surface area contributed by atoms with Gasteiger partial charge in [-0.15, -0.1) is 0 Å². The molecule has 0 aliphatic heterocycles. The molecule has 5 heteroatoms. The molecular formula is C14H10Br2N2O. The molecule has 1 aliphatic rings. The highest BCUT2D eigenvalue weighted by Crippen LogP contribution is 2.35. The van der Waals surface area contributed by atoms with Crippen molar-refractivity contribution in [1.82, 2.24) is 9.97 Å². The number of fused-ring (bicyclic) bond motifs is 1. The topological polar surface area (TPSA) is 42.9 Å². The predicted molar refractivity (Wildman–Crippen MR) is 79.3 cm³/mol. The minimum Gasteiger partial charge on any atom is -0.292 e. The Morgan fingerprint density at radius 1 is 1.32 bits per heavy atom. The van der Waals surface area contributed by atoms with Crippen LogP contribution in [-0.2, 0) is 6.42 Å². The second-order valence-electron chi connectivity index (χ2n) is 4.49. The summed E-state index contributed by atoms with van der Waals surface area (Å²) in [4.78, 5) is 21.2. The van der Waals surface area contributed by atoms with E-state index in [0.717, 1.165) is 27.5 Å². The van der Waals surface area contributed by atoms with Gasteiger partial charge >= 0.3 is 0 Å². The maximum absolute atomic E-state index is 12.6. The summed E-state index contributed by atoms with van der Waals surface area (Å²) in [5.74, 6) is -0.127. The molecule has 1 aliphatic carbocycles. The van der Waals surface area contributed by atoms with Crippen molar-refractivity contribution in [3.05, 3.63) is 56.5 Å². The summed E-state index contributed by atoms with van der Waals surface area (Å²) < 4.78 is 1.57. The molecule has 3 nitrogen and oxygen atoms in total. The number of ketones is 1. The molecule has 0 bridgehead atoms. The molecule has 2 aromatic rings. The number of aryl methyl sites for hydroxylation is 1. The van der Waals surface area contributed by atoms with Crippen LogP contribution in [0.1, 0.15) is 34.1 Å². The Bertz CT molecular complexity index is 658. The average Bonchev–Trinajstić information content (AvgIpc) is 2.82. The normalized spacial score (nSPS) is 17.3. The van der Waals surface area contributed by atoms with Crippen molar-refractivity contribution in [2.45, 2.75) is 18.8 Å². The van der Waals surface area contributed by atoms with Crippen LogP contribution in [0.25, 0.3) is 0 Å². The van der Waals surface area contributed by atoms with Crippen molar-refractivity contribution in [3.8, 4) is 0 Å². The molecule has 0 N–H and O–H groups in total. The molecule has 0 radical (unpaired) electrons. The lowest BCUT2D eigenvalue weighted by Gasteiger charge is -2.10. The van der Waals surface area contributed by atoms with Gasteiger partial charge in [0.25, 0.3) is 0 Å². The first kappa shape index (κ1) is 12.9. The van der Waals surface area contributed by atoms with E-state index in [4.69, 9.17) is 0 Å². The van der Waals surface area contributed by atoms with E-state index in [1.165, 1.54) is 5.56 Å². The molecule has 0 amide bonds. The van der Waals surface area contributed by atoms with Gasteiger partial charge in [-0.05, 0) is 62.4 Å². The van der Waals surface area contributed by atoms with Crippen LogP contribution in [0.2, 0.25) is 0 Å². The molecule has 1 unspecified atom stereocenters. The number of nitrogens with zero attached hydrogens (tertiary/aromatic N) is 2. The first-order valence-corrected chi connectivity index (χ1v) is 7.54. The highest BCUT2D eigenvalue weighted by atomic mass is 79.9. The van der Waals surface area contributed by atoms with E-state index in [1.807, 2.05) is 18.2 Å². The van der Waals surface area contributed by atoms with Crippen molar-refractivity contribution in [1.29, 1.82) is 0 Å². The molecule has 0 spiro atoms. The summed E-state index contributed by atoms with van der Waals surface area (Å²) in [6.45, 7) is 0. The fourth-order valence-corrected chi connectivity index (χ4v) is 3.61. The summed E-state index contributed by atoms with van der Waals surface area (Å²) in [7, 11) is 0. The Kier molecular flexibility index (Phi) is 3.50. The van der Waals surface area contributed by atoms with E-state index in [1.54, 1.807) is 12.4 Å². The van der Waals surface area contributed by atoms with Crippen molar-refractivity contribution in [2.75, 3.05) is 0 Å². The number of hydrogen-bond donors (Lipinski definition) is 0. The number of rotatable bonds is 2. The standard InChI is InChI=1S/C14H10Br2N2O/c15-9-6-11(16)13(18-7-9)14(19)10-4-3-8-2-1-5-17-12(8)10/h1-2,5-7,10H,3-4H2. The minimum absolute atomic E-state index is 0.0387. The summed E-state index contributed by atoms with van der Waals surface area (Å²) in [5.41, 5.74) is 2.56. The van der Waals surface area contributed by atoms with E-state index in [9.17, 15) is 4.79 Å².